The quantitative estimate of drug-likeness (QED) is 0.914. The summed E-state index contributed by atoms with van der Waals surface area (Å²) in [6.07, 6.45) is 5.30. The van der Waals surface area contributed by atoms with Crippen molar-refractivity contribution in [2.75, 3.05) is 0 Å². The highest BCUT2D eigenvalue weighted by molar-refractivity contribution is 7.89. The average molecular weight is 279 g/mol. The number of pyridine rings is 1. The second-order valence-electron chi connectivity index (χ2n) is 5.05. The van der Waals surface area contributed by atoms with Crippen molar-refractivity contribution in [1.29, 1.82) is 5.26 Å². The van der Waals surface area contributed by atoms with E-state index in [1.54, 1.807) is 0 Å². The van der Waals surface area contributed by atoms with Crippen LogP contribution in [0.1, 0.15) is 38.3 Å². The monoisotopic (exact) mass is 279 g/mol. The maximum absolute atomic E-state index is 12.3. The van der Waals surface area contributed by atoms with Gasteiger partial charge in [-0.15, -0.1) is 0 Å². The van der Waals surface area contributed by atoms with E-state index < -0.39 is 10.0 Å². The number of sulfonamides is 1. The number of nitrogens with zero attached hydrogens (tertiary/aromatic N) is 2. The largest absolute Gasteiger partial charge is 0.244 e. The zero-order chi connectivity index (χ0) is 13.9. The summed E-state index contributed by atoms with van der Waals surface area (Å²) >= 11 is 0. The van der Waals surface area contributed by atoms with E-state index in [1.807, 2.05) is 6.07 Å². The van der Waals surface area contributed by atoms with Crippen LogP contribution in [0.3, 0.4) is 0 Å². The highest BCUT2D eigenvalue weighted by atomic mass is 32.2. The normalized spacial score (nSPS) is 23.8. The van der Waals surface area contributed by atoms with Gasteiger partial charge in [0, 0.05) is 12.2 Å². The van der Waals surface area contributed by atoms with E-state index in [4.69, 9.17) is 5.26 Å². The lowest BCUT2D eigenvalue weighted by atomic mass is 9.88. The first-order valence-corrected chi connectivity index (χ1v) is 7.88. The lowest BCUT2D eigenvalue weighted by Crippen LogP contribution is -2.38. The molecule has 2 atom stereocenters. The van der Waals surface area contributed by atoms with Gasteiger partial charge in [0.25, 0.3) is 0 Å². The molecule has 0 aromatic carbocycles. The summed E-state index contributed by atoms with van der Waals surface area (Å²) < 4.78 is 27.3. The molecule has 0 bridgehead atoms. The molecule has 0 saturated heterocycles. The van der Waals surface area contributed by atoms with Gasteiger partial charge in [0.05, 0.1) is 0 Å². The molecule has 1 aromatic rings. The Balaban J connectivity index is 2.21. The standard InChI is InChI=1S/C13H17N3O2S/c1-10-4-2-5-11(8-10)16-19(17,18)13-6-3-7-15-12(13)9-14/h3,6-7,10-11,16H,2,4-5,8H2,1H3. The van der Waals surface area contributed by atoms with E-state index in [9.17, 15) is 8.42 Å². The molecule has 19 heavy (non-hydrogen) atoms. The number of nitriles is 1. The highest BCUT2D eigenvalue weighted by Gasteiger charge is 2.26. The van der Waals surface area contributed by atoms with Crippen LogP contribution < -0.4 is 4.72 Å². The van der Waals surface area contributed by atoms with Crippen LogP contribution in [0.2, 0.25) is 0 Å². The summed E-state index contributed by atoms with van der Waals surface area (Å²) in [6, 6.07) is 4.72. The van der Waals surface area contributed by atoms with Gasteiger partial charge >= 0.3 is 0 Å². The van der Waals surface area contributed by atoms with Gasteiger partial charge in [0.15, 0.2) is 5.69 Å². The molecule has 1 fully saturated rings. The van der Waals surface area contributed by atoms with Crippen molar-refractivity contribution in [3.63, 3.8) is 0 Å². The van der Waals surface area contributed by atoms with E-state index in [0.717, 1.165) is 25.7 Å². The minimum atomic E-state index is -3.66. The van der Waals surface area contributed by atoms with Crippen LogP contribution >= 0.6 is 0 Å². The van der Waals surface area contributed by atoms with Gasteiger partial charge in [-0.3, -0.25) is 0 Å². The molecule has 1 aliphatic carbocycles. The van der Waals surface area contributed by atoms with E-state index in [-0.39, 0.29) is 16.6 Å². The first-order valence-electron chi connectivity index (χ1n) is 6.40. The maximum atomic E-state index is 12.3. The molecule has 102 valence electrons. The SMILES string of the molecule is CC1CCCC(NS(=O)(=O)c2cccnc2C#N)C1. The van der Waals surface area contributed by atoms with Crippen molar-refractivity contribution in [3.8, 4) is 6.07 Å². The fourth-order valence-corrected chi connectivity index (χ4v) is 3.91. The van der Waals surface area contributed by atoms with Crippen molar-refractivity contribution in [1.82, 2.24) is 9.71 Å². The molecule has 2 rings (SSSR count). The topological polar surface area (TPSA) is 82.8 Å². The molecule has 1 saturated carbocycles. The van der Waals surface area contributed by atoms with E-state index in [0.29, 0.717) is 5.92 Å². The number of aromatic nitrogens is 1. The Morgan fingerprint density at radius 1 is 1.47 bits per heavy atom. The van der Waals surface area contributed by atoms with E-state index in [2.05, 4.69) is 16.6 Å². The van der Waals surface area contributed by atoms with Crippen LogP contribution in [0.15, 0.2) is 23.2 Å². The number of hydrogen-bond donors (Lipinski definition) is 1. The lowest BCUT2D eigenvalue weighted by Gasteiger charge is -2.27. The van der Waals surface area contributed by atoms with Crippen LogP contribution in [-0.2, 0) is 10.0 Å². The van der Waals surface area contributed by atoms with Crippen LogP contribution in [0.5, 0.6) is 0 Å². The first kappa shape index (κ1) is 14.0. The summed E-state index contributed by atoms with van der Waals surface area (Å²) in [7, 11) is -3.66. The van der Waals surface area contributed by atoms with Crippen molar-refractivity contribution in [3.05, 3.63) is 24.0 Å². The molecule has 0 amide bonds. The predicted molar refractivity (Wildman–Crippen MR) is 70.7 cm³/mol. The molecule has 6 heteroatoms. The Bertz CT molecular complexity index is 592. The molecule has 5 nitrogen and oxygen atoms in total. The van der Waals surface area contributed by atoms with Gasteiger partial charge in [0.2, 0.25) is 10.0 Å². The number of rotatable bonds is 3. The van der Waals surface area contributed by atoms with Gasteiger partial charge in [-0.25, -0.2) is 18.1 Å². The molecular formula is C13H17N3O2S. The van der Waals surface area contributed by atoms with Crippen LogP contribution in [0.25, 0.3) is 0 Å². The summed E-state index contributed by atoms with van der Waals surface area (Å²) in [5, 5.41) is 8.92. The van der Waals surface area contributed by atoms with Crippen LogP contribution in [0.4, 0.5) is 0 Å². The van der Waals surface area contributed by atoms with Crippen molar-refractivity contribution in [2.45, 2.75) is 43.5 Å². The Kier molecular flexibility index (Phi) is 4.17. The smallest absolute Gasteiger partial charge is 0.243 e. The van der Waals surface area contributed by atoms with Gasteiger partial charge < -0.3 is 0 Å². The Morgan fingerprint density at radius 2 is 2.26 bits per heavy atom. The zero-order valence-electron chi connectivity index (χ0n) is 10.8. The number of hydrogen-bond acceptors (Lipinski definition) is 4. The predicted octanol–water partition coefficient (Wildman–Crippen LogP) is 1.81. The van der Waals surface area contributed by atoms with Crippen molar-refractivity contribution < 1.29 is 8.42 Å². The molecule has 1 N–H and O–H groups in total. The molecule has 0 radical (unpaired) electrons. The van der Waals surface area contributed by atoms with Crippen molar-refractivity contribution in [2.24, 2.45) is 5.92 Å². The molecular weight excluding hydrogens is 262 g/mol. The summed E-state index contributed by atoms with van der Waals surface area (Å²) in [5.74, 6) is 0.533. The van der Waals surface area contributed by atoms with E-state index >= 15 is 0 Å². The third-order valence-electron chi connectivity index (χ3n) is 3.42. The minimum absolute atomic E-state index is 0.0317. The lowest BCUT2D eigenvalue weighted by molar-refractivity contribution is 0.327. The van der Waals surface area contributed by atoms with E-state index in [1.165, 1.54) is 18.3 Å². The maximum Gasteiger partial charge on any atom is 0.243 e. The Morgan fingerprint density at radius 3 is 2.95 bits per heavy atom. The fraction of sp³-hybridized carbons (Fsp3) is 0.538. The van der Waals surface area contributed by atoms with Gasteiger partial charge in [-0.2, -0.15) is 5.26 Å². The third-order valence-corrected chi connectivity index (χ3v) is 4.98. The molecule has 1 heterocycles. The Labute approximate surface area is 113 Å². The second-order valence-corrected chi connectivity index (χ2v) is 6.73. The molecule has 1 aromatic heterocycles. The van der Waals surface area contributed by atoms with Crippen LogP contribution in [-0.4, -0.2) is 19.4 Å². The summed E-state index contributed by atoms with van der Waals surface area (Å²) in [6.45, 7) is 2.13. The molecule has 1 aliphatic rings. The molecule has 2 unspecified atom stereocenters. The minimum Gasteiger partial charge on any atom is -0.244 e. The van der Waals surface area contributed by atoms with Crippen molar-refractivity contribution >= 4 is 10.0 Å². The zero-order valence-corrected chi connectivity index (χ0v) is 11.7. The fourth-order valence-electron chi connectivity index (χ4n) is 2.52. The summed E-state index contributed by atoms with van der Waals surface area (Å²) in [4.78, 5) is 3.76. The second kappa shape index (κ2) is 5.68. The third kappa shape index (κ3) is 3.31. The average Bonchev–Trinajstić information content (AvgIpc) is 2.38. The molecule has 0 aliphatic heterocycles. The number of nitrogens with one attached hydrogen (secondary N) is 1. The van der Waals surface area contributed by atoms with Gasteiger partial charge in [-0.1, -0.05) is 19.8 Å². The highest BCUT2D eigenvalue weighted by Crippen LogP contribution is 2.25. The summed E-state index contributed by atoms with van der Waals surface area (Å²) in [5.41, 5.74) is -0.0566. The first-order chi connectivity index (χ1) is 9.03. The molecule has 0 spiro atoms. The van der Waals surface area contributed by atoms with Gasteiger partial charge in [0.1, 0.15) is 11.0 Å². The van der Waals surface area contributed by atoms with Gasteiger partial charge in [-0.05, 0) is 30.9 Å². The van der Waals surface area contributed by atoms with Crippen LogP contribution in [0, 0.1) is 17.2 Å². The Hall–Kier alpha value is -1.45.